The van der Waals surface area contributed by atoms with Crippen LogP contribution in [0.5, 0.6) is 0 Å². The van der Waals surface area contributed by atoms with E-state index in [0.717, 1.165) is 15.6 Å². The second-order valence-corrected chi connectivity index (χ2v) is 8.24. The lowest BCUT2D eigenvalue weighted by Gasteiger charge is -2.23. The summed E-state index contributed by atoms with van der Waals surface area (Å²) in [7, 11) is 0. The number of hydrogen-bond donors (Lipinski definition) is 0. The van der Waals surface area contributed by atoms with Gasteiger partial charge in [-0.15, -0.1) is 0 Å². The predicted octanol–water partition coefficient (Wildman–Crippen LogP) is 7.42. The predicted molar refractivity (Wildman–Crippen MR) is 117 cm³/mol. The first-order valence-corrected chi connectivity index (χ1v) is 10.2. The minimum Gasteiger partial charge on any atom is -0.294 e. The number of benzene rings is 3. The van der Waals surface area contributed by atoms with Gasteiger partial charge in [0.05, 0.1) is 12.0 Å². The fourth-order valence-corrected chi connectivity index (χ4v) is 3.67. The van der Waals surface area contributed by atoms with Crippen LogP contribution in [0.1, 0.15) is 39.7 Å². The lowest BCUT2D eigenvalue weighted by Crippen LogP contribution is -2.15. The summed E-state index contributed by atoms with van der Waals surface area (Å²) in [6, 6.07) is 24.1. The van der Waals surface area contributed by atoms with Crippen molar-refractivity contribution >= 4 is 44.9 Å². The van der Waals surface area contributed by atoms with Crippen LogP contribution in [-0.4, -0.2) is 5.78 Å². The molecule has 0 radical (unpaired) electrons. The van der Waals surface area contributed by atoms with E-state index < -0.39 is 5.92 Å². The third-order valence-electron chi connectivity index (χ3n) is 4.64. The van der Waals surface area contributed by atoms with E-state index in [2.05, 4.69) is 22.0 Å². The van der Waals surface area contributed by atoms with Crippen LogP contribution in [-0.2, 0) is 0 Å². The van der Waals surface area contributed by atoms with Crippen molar-refractivity contribution in [2.24, 2.45) is 0 Å². The average Bonchev–Trinajstić information content (AvgIpc) is 2.70. The summed E-state index contributed by atoms with van der Waals surface area (Å²) >= 11 is 15.4. The lowest BCUT2D eigenvalue weighted by atomic mass is 9.78. The summed E-state index contributed by atoms with van der Waals surface area (Å²) in [6.07, 6.45) is 0.212. The van der Waals surface area contributed by atoms with Crippen molar-refractivity contribution < 1.29 is 4.79 Å². The summed E-state index contributed by atoms with van der Waals surface area (Å²) in [5, 5.41) is 11.1. The highest BCUT2D eigenvalue weighted by Gasteiger charge is 2.27. The monoisotopic (exact) mass is 471 g/mol. The van der Waals surface area contributed by atoms with Crippen LogP contribution in [0.25, 0.3) is 0 Å². The highest BCUT2D eigenvalue weighted by molar-refractivity contribution is 9.10. The summed E-state index contributed by atoms with van der Waals surface area (Å²) in [5.74, 6) is -0.806. The summed E-state index contributed by atoms with van der Waals surface area (Å²) in [4.78, 5) is 12.9. The highest BCUT2D eigenvalue weighted by Crippen LogP contribution is 2.37. The minimum atomic E-state index is -0.488. The van der Waals surface area contributed by atoms with E-state index in [1.54, 1.807) is 36.4 Å². The SMILES string of the molecule is N#C[C@@H](c1ccc(Cl)cc1)[C@@H](CC(=O)c1ccc(Br)cc1)c1ccc(Cl)cc1. The van der Waals surface area contributed by atoms with Gasteiger partial charge < -0.3 is 0 Å². The smallest absolute Gasteiger partial charge is 0.163 e. The molecule has 0 bridgehead atoms. The van der Waals surface area contributed by atoms with E-state index in [9.17, 15) is 10.1 Å². The van der Waals surface area contributed by atoms with Crippen molar-refractivity contribution in [1.82, 2.24) is 0 Å². The van der Waals surface area contributed by atoms with E-state index in [1.165, 1.54) is 0 Å². The average molecular weight is 473 g/mol. The van der Waals surface area contributed by atoms with E-state index in [1.807, 2.05) is 36.4 Å². The van der Waals surface area contributed by atoms with Crippen LogP contribution >= 0.6 is 39.1 Å². The van der Waals surface area contributed by atoms with Crippen LogP contribution in [0, 0.1) is 11.3 Å². The zero-order valence-corrected chi connectivity index (χ0v) is 17.9. The third kappa shape index (κ3) is 5.02. The first-order chi connectivity index (χ1) is 13.5. The fraction of sp³-hybridized carbons (Fsp3) is 0.130. The first-order valence-electron chi connectivity index (χ1n) is 8.67. The first kappa shape index (κ1) is 20.6. The van der Waals surface area contributed by atoms with Gasteiger partial charge >= 0.3 is 0 Å². The van der Waals surface area contributed by atoms with E-state index >= 15 is 0 Å². The van der Waals surface area contributed by atoms with Crippen LogP contribution < -0.4 is 0 Å². The number of ketones is 1. The van der Waals surface area contributed by atoms with Crippen molar-refractivity contribution in [2.75, 3.05) is 0 Å². The van der Waals surface area contributed by atoms with Gasteiger partial charge in [-0.3, -0.25) is 4.79 Å². The van der Waals surface area contributed by atoms with Gasteiger partial charge in [0.15, 0.2) is 5.78 Å². The largest absolute Gasteiger partial charge is 0.294 e. The minimum absolute atomic E-state index is 0.0123. The Kier molecular flexibility index (Phi) is 6.91. The molecule has 2 atom stereocenters. The van der Waals surface area contributed by atoms with Gasteiger partial charge in [0.25, 0.3) is 0 Å². The second-order valence-electron chi connectivity index (χ2n) is 6.45. The van der Waals surface area contributed by atoms with Crippen molar-refractivity contribution in [3.05, 3.63) is 104 Å². The Morgan fingerprint density at radius 1 is 0.857 bits per heavy atom. The zero-order valence-electron chi connectivity index (χ0n) is 14.8. The van der Waals surface area contributed by atoms with Crippen LogP contribution in [0.15, 0.2) is 77.3 Å². The molecule has 0 aromatic heterocycles. The number of nitrogens with zero attached hydrogens (tertiary/aromatic N) is 1. The summed E-state index contributed by atoms with van der Waals surface area (Å²) in [6.45, 7) is 0. The zero-order chi connectivity index (χ0) is 20.1. The second kappa shape index (κ2) is 9.39. The number of rotatable bonds is 6. The third-order valence-corrected chi connectivity index (χ3v) is 5.67. The number of hydrogen-bond acceptors (Lipinski definition) is 2. The summed E-state index contributed by atoms with van der Waals surface area (Å²) < 4.78 is 0.911. The molecule has 0 saturated heterocycles. The molecule has 140 valence electrons. The lowest BCUT2D eigenvalue weighted by molar-refractivity contribution is 0.0971. The van der Waals surface area contributed by atoms with Gasteiger partial charge in [-0.2, -0.15) is 5.26 Å². The molecule has 0 fully saturated rings. The number of Topliss-reactive ketones (excluding diaryl/α,β-unsaturated/α-hetero) is 1. The molecule has 5 heteroatoms. The normalized spacial score (nSPS) is 12.8. The molecule has 0 aliphatic heterocycles. The molecule has 0 heterocycles. The van der Waals surface area contributed by atoms with Crippen molar-refractivity contribution in [2.45, 2.75) is 18.3 Å². The Morgan fingerprint density at radius 2 is 1.36 bits per heavy atom. The molecule has 0 N–H and O–H groups in total. The molecule has 2 nitrogen and oxygen atoms in total. The maximum Gasteiger partial charge on any atom is 0.163 e. The summed E-state index contributed by atoms with van der Waals surface area (Å²) in [5.41, 5.74) is 2.35. The molecular weight excluding hydrogens is 457 g/mol. The molecule has 3 aromatic carbocycles. The van der Waals surface area contributed by atoms with Gasteiger partial charge in [0.1, 0.15) is 0 Å². The number of nitriles is 1. The Morgan fingerprint density at radius 3 is 1.86 bits per heavy atom. The Balaban J connectivity index is 1.97. The molecular formula is C23H16BrCl2NO. The van der Waals surface area contributed by atoms with E-state index in [-0.39, 0.29) is 18.1 Å². The molecule has 3 rings (SSSR count). The van der Waals surface area contributed by atoms with Gasteiger partial charge in [-0.25, -0.2) is 0 Å². The van der Waals surface area contributed by atoms with Crippen LogP contribution in [0.2, 0.25) is 10.0 Å². The van der Waals surface area contributed by atoms with Gasteiger partial charge in [-0.1, -0.05) is 75.5 Å². The maximum atomic E-state index is 12.9. The fourth-order valence-electron chi connectivity index (χ4n) is 3.16. The van der Waals surface area contributed by atoms with Crippen molar-refractivity contribution in [3.8, 4) is 6.07 Å². The number of carbonyl (C=O) groups excluding carboxylic acids is 1. The molecule has 0 unspecified atom stereocenters. The highest BCUT2D eigenvalue weighted by atomic mass is 79.9. The molecule has 0 saturated carbocycles. The van der Waals surface area contributed by atoms with Crippen LogP contribution in [0.3, 0.4) is 0 Å². The Bertz CT molecular complexity index is 993. The van der Waals surface area contributed by atoms with Gasteiger partial charge in [0, 0.05) is 32.4 Å². The van der Waals surface area contributed by atoms with Crippen molar-refractivity contribution in [1.29, 1.82) is 5.26 Å². The molecule has 0 aliphatic carbocycles. The van der Waals surface area contributed by atoms with E-state index in [0.29, 0.717) is 15.6 Å². The molecule has 3 aromatic rings. The quantitative estimate of drug-likeness (QED) is 0.350. The molecule has 0 spiro atoms. The van der Waals surface area contributed by atoms with Gasteiger partial charge in [0.2, 0.25) is 0 Å². The number of carbonyl (C=O) groups is 1. The van der Waals surface area contributed by atoms with Crippen LogP contribution in [0.4, 0.5) is 0 Å². The van der Waals surface area contributed by atoms with Crippen molar-refractivity contribution in [3.63, 3.8) is 0 Å². The topological polar surface area (TPSA) is 40.9 Å². The molecule has 0 aliphatic rings. The maximum absolute atomic E-state index is 12.9. The van der Waals surface area contributed by atoms with Gasteiger partial charge in [-0.05, 0) is 47.5 Å². The Hall–Kier alpha value is -2.12. The number of halogens is 3. The van der Waals surface area contributed by atoms with E-state index in [4.69, 9.17) is 23.2 Å². The standard InChI is InChI=1S/C23H16BrCl2NO/c24-18-7-1-17(2-8-18)23(28)13-21(15-3-9-19(25)10-4-15)22(14-27)16-5-11-20(26)12-6-16/h1-12,21-22H,13H2/t21-,22-/m0/s1. The Labute approximate surface area is 182 Å². The molecule has 28 heavy (non-hydrogen) atoms. The molecule has 0 amide bonds.